The Morgan fingerprint density at radius 1 is 1.29 bits per heavy atom. The van der Waals surface area contributed by atoms with Gasteiger partial charge in [-0.3, -0.25) is 0 Å². The van der Waals surface area contributed by atoms with Gasteiger partial charge in [-0.05, 0) is 19.4 Å². The number of rotatable bonds is 4. The minimum Gasteiger partial charge on any atom is -0.489 e. The van der Waals surface area contributed by atoms with Crippen LogP contribution in [0.1, 0.15) is 19.4 Å². The predicted octanol–water partition coefficient (Wildman–Crippen LogP) is 2.16. The van der Waals surface area contributed by atoms with Crippen molar-refractivity contribution in [2.45, 2.75) is 38.4 Å². The van der Waals surface area contributed by atoms with E-state index in [9.17, 15) is 4.79 Å². The van der Waals surface area contributed by atoms with Gasteiger partial charge in [0.05, 0.1) is 12.7 Å². The third-order valence-corrected chi connectivity index (χ3v) is 3.40. The first-order chi connectivity index (χ1) is 10.0. The van der Waals surface area contributed by atoms with Gasteiger partial charge >= 0.3 is 5.97 Å². The van der Waals surface area contributed by atoms with Crippen LogP contribution in [0.15, 0.2) is 42.2 Å². The maximum Gasteiger partial charge on any atom is 0.335 e. The molecular weight excluding hydrogens is 272 g/mol. The first-order valence-electron chi connectivity index (χ1n) is 6.94. The van der Waals surface area contributed by atoms with Gasteiger partial charge in [0.15, 0.2) is 11.9 Å². The number of carbonyl (C=O) groups excluding carboxylic acids is 1. The molecular formula is C16H18O5. The summed E-state index contributed by atoms with van der Waals surface area (Å²) in [7, 11) is 0. The molecule has 0 bridgehead atoms. The van der Waals surface area contributed by atoms with Crippen LogP contribution in [0.4, 0.5) is 0 Å². The van der Waals surface area contributed by atoms with Crippen LogP contribution in [-0.4, -0.2) is 30.6 Å². The zero-order valence-electron chi connectivity index (χ0n) is 12.1. The maximum atomic E-state index is 11.5. The fourth-order valence-corrected chi connectivity index (χ4v) is 2.40. The number of benzene rings is 1. The molecule has 0 unspecified atom stereocenters. The number of cyclic esters (lactones) is 1. The van der Waals surface area contributed by atoms with E-state index in [4.69, 9.17) is 18.9 Å². The van der Waals surface area contributed by atoms with Crippen molar-refractivity contribution in [3.8, 4) is 0 Å². The molecule has 1 saturated heterocycles. The van der Waals surface area contributed by atoms with Crippen LogP contribution in [0.2, 0.25) is 0 Å². The molecule has 1 fully saturated rings. The Morgan fingerprint density at radius 2 is 2.05 bits per heavy atom. The zero-order chi connectivity index (χ0) is 14.9. The normalized spacial score (nSPS) is 27.3. The molecule has 1 aromatic rings. The Bertz CT molecular complexity index is 549. The molecule has 2 aliphatic heterocycles. The lowest BCUT2D eigenvalue weighted by atomic mass is 10.2. The number of ether oxygens (including phenoxy) is 4. The van der Waals surface area contributed by atoms with Crippen molar-refractivity contribution >= 4 is 5.97 Å². The van der Waals surface area contributed by atoms with Crippen molar-refractivity contribution in [3.63, 3.8) is 0 Å². The standard InChI is InChI=1S/C16H18O5/c1-16(2)19-10-13(21-16)15-12(8-14(17)20-15)18-9-11-6-4-3-5-7-11/h3-8,13,15H,9-10H2,1-2H3/t13-,15-/m0/s1. The highest BCUT2D eigenvalue weighted by Gasteiger charge is 2.44. The first kappa shape index (κ1) is 14.1. The van der Waals surface area contributed by atoms with E-state index in [2.05, 4.69) is 0 Å². The number of hydrogen-bond acceptors (Lipinski definition) is 5. The molecule has 0 aliphatic carbocycles. The molecule has 3 rings (SSSR count). The van der Waals surface area contributed by atoms with E-state index in [-0.39, 0.29) is 6.10 Å². The Morgan fingerprint density at radius 3 is 2.71 bits per heavy atom. The largest absolute Gasteiger partial charge is 0.489 e. The van der Waals surface area contributed by atoms with Crippen molar-refractivity contribution in [2.75, 3.05) is 6.61 Å². The molecule has 0 aromatic heterocycles. The molecule has 0 radical (unpaired) electrons. The molecule has 0 saturated carbocycles. The average Bonchev–Trinajstić information content (AvgIpc) is 3.00. The fourth-order valence-electron chi connectivity index (χ4n) is 2.40. The van der Waals surface area contributed by atoms with E-state index in [1.807, 2.05) is 44.2 Å². The molecule has 2 heterocycles. The van der Waals surface area contributed by atoms with E-state index >= 15 is 0 Å². The van der Waals surface area contributed by atoms with Crippen LogP contribution in [0.3, 0.4) is 0 Å². The van der Waals surface area contributed by atoms with Gasteiger partial charge in [-0.25, -0.2) is 4.79 Å². The quantitative estimate of drug-likeness (QED) is 0.795. The summed E-state index contributed by atoms with van der Waals surface area (Å²) in [5.74, 6) is -0.573. The molecule has 112 valence electrons. The van der Waals surface area contributed by atoms with Crippen molar-refractivity contribution in [1.29, 1.82) is 0 Å². The Hall–Kier alpha value is -1.85. The SMILES string of the molecule is CC1(C)OC[C@@H]([C@H]2OC(=O)C=C2OCc2ccccc2)O1. The molecule has 2 aliphatic rings. The number of carbonyl (C=O) groups is 1. The minimum atomic E-state index is -0.662. The highest BCUT2D eigenvalue weighted by atomic mass is 16.8. The highest BCUT2D eigenvalue weighted by Crippen LogP contribution is 2.31. The summed E-state index contributed by atoms with van der Waals surface area (Å²) in [5, 5.41) is 0. The van der Waals surface area contributed by atoms with Crippen LogP contribution < -0.4 is 0 Å². The summed E-state index contributed by atoms with van der Waals surface area (Å²) in [4.78, 5) is 11.5. The second-order valence-corrected chi connectivity index (χ2v) is 5.55. The van der Waals surface area contributed by atoms with Gasteiger partial charge in [-0.15, -0.1) is 0 Å². The lowest BCUT2D eigenvalue weighted by Crippen LogP contribution is -2.33. The number of esters is 1. The van der Waals surface area contributed by atoms with E-state index in [1.54, 1.807) is 0 Å². The third-order valence-electron chi connectivity index (χ3n) is 3.40. The lowest BCUT2D eigenvalue weighted by Gasteiger charge is -2.22. The van der Waals surface area contributed by atoms with Crippen LogP contribution in [-0.2, 0) is 30.3 Å². The summed E-state index contributed by atoms with van der Waals surface area (Å²) in [6.45, 7) is 4.42. The Balaban J connectivity index is 1.65. The minimum absolute atomic E-state index is 0.339. The second-order valence-electron chi connectivity index (χ2n) is 5.55. The van der Waals surface area contributed by atoms with Gasteiger partial charge in [0.2, 0.25) is 0 Å². The Labute approximate surface area is 123 Å². The summed E-state index contributed by atoms with van der Waals surface area (Å²) in [6.07, 6.45) is 0.499. The van der Waals surface area contributed by atoms with Crippen LogP contribution >= 0.6 is 0 Å². The van der Waals surface area contributed by atoms with Gasteiger partial charge in [0.25, 0.3) is 0 Å². The molecule has 5 heteroatoms. The predicted molar refractivity (Wildman–Crippen MR) is 74.1 cm³/mol. The van der Waals surface area contributed by atoms with Gasteiger partial charge in [0, 0.05) is 0 Å². The van der Waals surface area contributed by atoms with E-state index in [0.29, 0.717) is 19.0 Å². The summed E-state index contributed by atoms with van der Waals surface area (Å²) in [6, 6.07) is 9.76. The van der Waals surface area contributed by atoms with Crippen LogP contribution in [0, 0.1) is 0 Å². The number of hydrogen-bond donors (Lipinski definition) is 0. The van der Waals surface area contributed by atoms with Crippen molar-refractivity contribution in [3.05, 3.63) is 47.7 Å². The summed E-state index contributed by atoms with van der Waals surface area (Å²) < 4.78 is 22.3. The lowest BCUT2D eigenvalue weighted by molar-refractivity contribution is -0.162. The van der Waals surface area contributed by atoms with Crippen molar-refractivity contribution < 1.29 is 23.7 Å². The van der Waals surface area contributed by atoms with Gasteiger partial charge in [-0.2, -0.15) is 0 Å². The third kappa shape index (κ3) is 3.25. The molecule has 0 spiro atoms. The van der Waals surface area contributed by atoms with Crippen LogP contribution in [0.25, 0.3) is 0 Å². The molecule has 21 heavy (non-hydrogen) atoms. The van der Waals surface area contributed by atoms with E-state index in [0.717, 1.165) is 5.56 Å². The molecule has 2 atom stereocenters. The highest BCUT2D eigenvalue weighted by molar-refractivity contribution is 5.85. The zero-order valence-corrected chi connectivity index (χ0v) is 12.1. The fraction of sp³-hybridized carbons (Fsp3) is 0.438. The topological polar surface area (TPSA) is 54.0 Å². The van der Waals surface area contributed by atoms with Gasteiger partial charge < -0.3 is 18.9 Å². The van der Waals surface area contributed by atoms with Crippen molar-refractivity contribution in [1.82, 2.24) is 0 Å². The Kier molecular flexibility index (Phi) is 3.69. The first-order valence-corrected chi connectivity index (χ1v) is 6.94. The van der Waals surface area contributed by atoms with Gasteiger partial charge in [0.1, 0.15) is 18.5 Å². The molecule has 5 nitrogen and oxygen atoms in total. The second kappa shape index (κ2) is 5.50. The average molecular weight is 290 g/mol. The van der Waals surface area contributed by atoms with Gasteiger partial charge in [-0.1, -0.05) is 30.3 Å². The van der Waals surface area contributed by atoms with Crippen molar-refractivity contribution in [2.24, 2.45) is 0 Å². The smallest absolute Gasteiger partial charge is 0.335 e. The monoisotopic (exact) mass is 290 g/mol. The summed E-state index contributed by atoms with van der Waals surface area (Å²) >= 11 is 0. The summed E-state index contributed by atoms with van der Waals surface area (Å²) in [5.41, 5.74) is 1.03. The molecule has 0 N–H and O–H groups in total. The maximum absolute atomic E-state index is 11.5. The molecule has 0 amide bonds. The van der Waals surface area contributed by atoms with E-state index in [1.165, 1.54) is 6.08 Å². The molecule has 1 aromatic carbocycles. The van der Waals surface area contributed by atoms with E-state index < -0.39 is 17.9 Å². The van der Waals surface area contributed by atoms with Crippen LogP contribution in [0.5, 0.6) is 0 Å².